The molecule has 2 rings (SSSR count). The van der Waals surface area contributed by atoms with Gasteiger partial charge >= 0.3 is 11.6 Å². The Kier molecular flexibility index (Phi) is 8.65. The van der Waals surface area contributed by atoms with Crippen molar-refractivity contribution in [2.24, 2.45) is 0 Å². The van der Waals surface area contributed by atoms with Gasteiger partial charge in [0.15, 0.2) is 5.75 Å². The fraction of sp³-hybridized carbons (Fsp3) is 0.524. The minimum Gasteiger partial charge on any atom is -0.504 e. The minimum atomic E-state index is -0.881. The van der Waals surface area contributed by atoms with Crippen LogP contribution in [0.15, 0.2) is 27.4 Å². The second kappa shape index (κ2) is 11.2. The van der Waals surface area contributed by atoms with E-state index in [1.54, 1.807) is 12.1 Å². The van der Waals surface area contributed by atoms with Crippen molar-refractivity contribution in [3.63, 3.8) is 0 Å². The third-order valence-electron chi connectivity index (χ3n) is 4.36. The number of carbonyl (C=O) groups is 1. The van der Waals surface area contributed by atoms with Crippen LogP contribution in [0.1, 0.15) is 58.3 Å². The van der Waals surface area contributed by atoms with Gasteiger partial charge in [0.05, 0.1) is 18.6 Å². The van der Waals surface area contributed by atoms with E-state index in [-0.39, 0.29) is 30.1 Å². The summed E-state index contributed by atoms with van der Waals surface area (Å²) >= 11 is 0. The molecular formula is C21H28O7. The molecule has 0 saturated carbocycles. The maximum absolute atomic E-state index is 12.1. The van der Waals surface area contributed by atoms with Crippen molar-refractivity contribution in [1.82, 2.24) is 0 Å². The first-order valence-electron chi connectivity index (χ1n) is 9.80. The number of carboxylic acid groups (broad SMARTS) is 1. The summed E-state index contributed by atoms with van der Waals surface area (Å²) in [7, 11) is 0. The van der Waals surface area contributed by atoms with Crippen molar-refractivity contribution < 1.29 is 28.9 Å². The van der Waals surface area contributed by atoms with Gasteiger partial charge in [-0.3, -0.25) is 4.79 Å². The molecule has 0 aliphatic carbocycles. The van der Waals surface area contributed by atoms with Crippen LogP contribution in [0, 0.1) is 0 Å². The second-order valence-electron chi connectivity index (χ2n) is 6.69. The van der Waals surface area contributed by atoms with Crippen LogP contribution in [0.5, 0.6) is 17.2 Å². The highest BCUT2D eigenvalue weighted by Gasteiger charge is 2.16. The molecule has 0 fully saturated rings. The molecule has 0 unspecified atom stereocenters. The molecule has 0 bridgehead atoms. The Morgan fingerprint density at radius 2 is 1.75 bits per heavy atom. The highest BCUT2D eigenvalue weighted by atomic mass is 16.5. The summed E-state index contributed by atoms with van der Waals surface area (Å²) in [6.45, 7) is 2.73. The lowest BCUT2D eigenvalue weighted by molar-refractivity contribution is -0.137. The van der Waals surface area contributed by atoms with Crippen LogP contribution in [0.2, 0.25) is 0 Å². The summed E-state index contributed by atoms with van der Waals surface area (Å²) in [4.78, 5) is 22.6. The molecule has 0 atom stereocenters. The highest BCUT2D eigenvalue weighted by Crippen LogP contribution is 2.33. The molecule has 0 aliphatic rings. The zero-order chi connectivity index (χ0) is 20.4. The Hall–Kier alpha value is -2.70. The zero-order valence-corrected chi connectivity index (χ0v) is 16.2. The molecule has 0 saturated heterocycles. The molecule has 1 aromatic carbocycles. The van der Waals surface area contributed by atoms with E-state index in [1.807, 2.05) is 0 Å². The molecule has 2 aromatic rings. The van der Waals surface area contributed by atoms with Crippen molar-refractivity contribution >= 4 is 16.9 Å². The van der Waals surface area contributed by atoms with E-state index in [9.17, 15) is 14.7 Å². The van der Waals surface area contributed by atoms with Crippen molar-refractivity contribution in [3.05, 3.63) is 28.6 Å². The fourth-order valence-corrected chi connectivity index (χ4v) is 2.84. The Balaban J connectivity index is 1.99. The monoisotopic (exact) mass is 392 g/mol. The Bertz CT molecular complexity index is 825. The lowest BCUT2D eigenvalue weighted by atomic mass is 10.1. The van der Waals surface area contributed by atoms with Gasteiger partial charge in [-0.25, -0.2) is 4.79 Å². The molecule has 2 N–H and O–H groups in total. The zero-order valence-electron chi connectivity index (χ0n) is 16.2. The fourth-order valence-electron chi connectivity index (χ4n) is 2.84. The van der Waals surface area contributed by atoms with Gasteiger partial charge in [0, 0.05) is 6.42 Å². The standard InChI is InChI=1S/C21H28O7/c1-2-3-4-5-6-7-12-27-20-19(24)16-14-15(26-13-8-9-18(22)23)10-11-17(16)28-21(20)25/h10-11,14,24H,2-9,12-13H2,1H3,(H,22,23). The average molecular weight is 392 g/mol. The molecule has 1 aromatic heterocycles. The molecule has 28 heavy (non-hydrogen) atoms. The smallest absolute Gasteiger partial charge is 0.383 e. The summed E-state index contributed by atoms with van der Waals surface area (Å²) in [6.07, 6.45) is 6.92. The van der Waals surface area contributed by atoms with E-state index in [0.717, 1.165) is 19.3 Å². The van der Waals surface area contributed by atoms with Gasteiger partial charge in [-0.2, -0.15) is 0 Å². The number of hydrogen-bond acceptors (Lipinski definition) is 6. The van der Waals surface area contributed by atoms with Crippen LogP contribution in [0.3, 0.4) is 0 Å². The Morgan fingerprint density at radius 1 is 1.04 bits per heavy atom. The quantitative estimate of drug-likeness (QED) is 0.382. The van der Waals surface area contributed by atoms with Gasteiger partial charge in [0.1, 0.15) is 11.3 Å². The maximum Gasteiger partial charge on any atom is 0.383 e. The molecule has 154 valence electrons. The van der Waals surface area contributed by atoms with Crippen LogP contribution in [0.4, 0.5) is 0 Å². The van der Waals surface area contributed by atoms with Crippen LogP contribution >= 0.6 is 0 Å². The average Bonchev–Trinajstić information content (AvgIpc) is 2.67. The van der Waals surface area contributed by atoms with Gasteiger partial charge < -0.3 is 24.1 Å². The number of rotatable bonds is 13. The van der Waals surface area contributed by atoms with Crippen LogP contribution in [0.25, 0.3) is 11.0 Å². The van der Waals surface area contributed by atoms with E-state index < -0.39 is 11.6 Å². The first-order valence-corrected chi connectivity index (χ1v) is 9.80. The molecule has 0 spiro atoms. The number of carboxylic acids is 1. The van der Waals surface area contributed by atoms with Gasteiger partial charge in [-0.05, 0) is 31.0 Å². The molecule has 7 heteroatoms. The summed E-state index contributed by atoms with van der Waals surface area (Å²) < 4.78 is 16.2. The number of ether oxygens (including phenoxy) is 2. The number of fused-ring (bicyclic) bond motifs is 1. The van der Waals surface area contributed by atoms with Gasteiger partial charge in [-0.15, -0.1) is 0 Å². The first kappa shape index (κ1) is 21.6. The van der Waals surface area contributed by atoms with Crippen molar-refractivity contribution in [2.75, 3.05) is 13.2 Å². The largest absolute Gasteiger partial charge is 0.504 e. The number of hydrogen-bond donors (Lipinski definition) is 2. The van der Waals surface area contributed by atoms with Crippen molar-refractivity contribution in [2.45, 2.75) is 58.3 Å². The number of benzene rings is 1. The van der Waals surface area contributed by atoms with Gasteiger partial charge in [0.2, 0.25) is 5.75 Å². The van der Waals surface area contributed by atoms with E-state index in [1.165, 1.54) is 25.3 Å². The van der Waals surface area contributed by atoms with Crippen molar-refractivity contribution in [1.29, 1.82) is 0 Å². The molecule has 7 nitrogen and oxygen atoms in total. The Morgan fingerprint density at radius 3 is 2.50 bits per heavy atom. The van der Waals surface area contributed by atoms with E-state index in [2.05, 4.69) is 6.92 Å². The van der Waals surface area contributed by atoms with Crippen molar-refractivity contribution in [3.8, 4) is 17.2 Å². The lowest BCUT2D eigenvalue weighted by Gasteiger charge is -2.10. The highest BCUT2D eigenvalue weighted by molar-refractivity contribution is 5.86. The molecule has 0 radical (unpaired) electrons. The summed E-state index contributed by atoms with van der Waals surface area (Å²) in [5.74, 6) is -0.894. The van der Waals surface area contributed by atoms with Crippen LogP contribution < -0.4 is 15.1 Å². The summed E-state index contributed by atoms with van der Waals surface area (Å²) in [6, 6.07) is 4.68. The molecule has 0 amide bonds. The van der Waals surface area contributed by atoms with E-state index in [4.69, 9.17) is 19.0 Å². The third-order valence-corrected chi connectivity index (χ3v) is 4.36. The Labute approximate surface area is 163 Å². The second-order valence-corrected chi connectivity index (χ2v) is 6.69. The SMILES string of the molecule is CCCCCCCCOc1c(O)c2cc(OCCCC(=O)O)ccc2oc1=O. The maximum atomic E-state index is 12.1. The predicted molar refractivity (Wildman–Crippen MR) is 105 cm³/mol. The minimum absolute atomic E-state index is 0.0180. The van der Waals surface area contributed by atoms with Gasteiger partial charge in [-0.1, -0.05) is 39.0 Å². The number of aliphatic carboxylic acids is 1. The topological polar surface area (TPSA) is 106 Å². The van der Waals surface area contributed by atoms with E-state index in [0.29, 0.717) is 24.2 Å². The molecule has 1 heterocycles. The number of unbranched alkanes of at least 4 members (excludes halogenated alkanes) is 5. The predicted octanol–water partition coefficient (Wildman–Crippen LogP) is 4.48. The normalized spacial score (nSPS) is 10.9. The molecule has 0 aliphatic heterocycles. The van der Waals surface area contributed by atoms with Crippen LogP contribution in [-0.2, 0) is 4.79 Å². The van der Waals surface area contributed by atoms with Crippen LogP contribution in [-0.4, -0.2) is 29.4 Å². The summed E-state index contributed by atoms with van der Waals surface area (Å²) in [5, 5.41) is 19.4. The van der Waals surface area contributed by atoms with E-state index >= 15 is 0 Å². The lowest BCUT2D eigenvalue weighted by Crippen LogP contribution is -2.08. The summed E-state index contributed by atoms with van der Waals surface area (Å²) in [5.41, 5.74) is -0.488. The third kappa shape index (κ3) is 6.48. The first-order chi connectivity index (χ1) is 13.5. The molecular weight excluding hydrogens is 364 g/mol. The van der Waals surface area contributed by atoms with Gasteiger partial charge in [0.25, 0.3) is 0 Å². The number of aromatic hydroxyl groups is 1.